The van der Waals surface area contributed by atoms with Crippen LogP contribution in [0.4, 0.5) is 18.9 Å². The van der Waals surface area contributed by atoms with Crippen LogP contribution >= 0.6 is 0 Å². The fourth-order valence-corrected chi connectivity index (χ4v) is 3.95. The SMILES string of the molecule is COC1CCN(N(C(=O)c2cccnc2C(F)(F)F)c2cccc(S(N)(=O)=O)c2)CC1. The molecule has 0 aliphatic carbocycles. The number of alkyl halides is 3. The van der Waals surface area contributed by atoms with Gasteiger partial charge in [-0.3, -0.25) is 9.78 Å². The molecule has 1 aliphatic rings. The first-order chi connectivity index (χ1) is 14.5. The standard InChI is InChI=1S/C19H21F3N4O4S/c1-30-14-7-10-25(11-8-14)26(13-4-2-5-15(12-13)31(23,28)29)18(27)16-6-3-9-24-17(16)19(20,21)22/h2-6,9,12,14H,7-8,10-11H2,1H3,(H2,23,28,29). The number of sulfonamides is 1. The molecule has 168 valence electrons. The number of aromatic nitrogens is 1. The first-order valence-electron chi connectivity index (χ1n) is 9.29. The zero-order chi connectivity index (χ0) is 22.8. The number of hydrogen-bond donors (Lipinski definition) is 1. The van der Waals surface area contributed by atoms with Crippen molar-refractivity contribution in [3.63, 3.8) is 0 Å². The molecule has 8 nitrogen and oxygen atoms in total. The zero-order valence-electron chi connectivity index (χ0n) is 16.5. The first-order valence-corrected chi connectivity index (χ1v) is 10.8. The zero-order valence-corrected chi connectivity index (χ0v) is 17.4. The lowest BCUT2D eigenvalue weighted by Crippen LogP contribution is -2.51. The van der Waals surface area contributed by atoms with Gasteiger partial charge in [0.05, 0.1) is 22.3 Å². The van der Waals surface area contributed by atoms with E-state index in [9.17, 15) is 26.4 Å². The Morgan fingerprint density at radius 2 is 1.90 bits per heavy atom. The fraction of sp³-hybridized carbons (Fsp3) is 0.368. The molecule has 1 saturated heterocycles. The number of amides is 1. The molecule has 1 amide bonds. The number of carbonyl (C=O) groups is 1. The number of nitrogens with zero attached hydrogens (tertiary/aromatic N) is 3. The van der Waals surface area contributed by atoms with Crippen molar-refractivity contribution >= 4 is 21.6 Å². The third kappa shape index (κ3) is 5.21. The minimum absolute atomic E-state index is 0.0481. The van der Waals surface area contributed by atoms with Crippen molar-refractivity contribution in [3.8, 4) is 0 Å². The molecule has 12 heteroatoms. The van der Waals surface area contributed by atoms with Crippen LogP contribution in [0.1, 0.15) is 28.9 Å². The van der Waals surface area contributed by atoms with Gasteiger partial charge in [0.25, 0.3) is 5.91 Å². The number of anilines is 1. The predicted molar refractivity (Wildman–Crippen MR) is 105 cm³/mol. The Labute approximate surface area is 177 Å². The molecule has 0 bridgehead atoms. The molecule has 3 rings (SSSR count). The Kier molecular flexibility index (Phi) is 6.65. The lowest BCUT2D eigenvalue weighted by atomic mass is 10.1. The van der Waals surface area contributed by atoms with Gasteiger partial charge in [-0.2, -0.15) is 13.2 Å². The number of rotatable bonds is 5. The van der Waals surface area contributed by atoms with E-state index >= 15 is 0 Å². The van der Waals surface area contributed by atoms with Crippen molar-refractivity contribution in [2.45, 2.75) is 30.0 Å². The molecule has 2 aromatic rings. The topological polar surface area (TPSA) is 106 Å². The number of primary sulfonamides is 1. The quantitative estimate of drug-likeness (QED) is 0.738. The molecule has 1 aromatic heterocycles. The van der Waals surface area contributed by atoms with Gasteiger partial charge in [0.2, 0.25) is 10.0 Å². The van der Waals surface area contributed by atoms with E-state index in [-0.39, 0.29) is 16.7 Å². The van der Waals surface area contributed by atoms with Crippen LogP contribution in [0.25, 0.3) is 0 Å². The summed E-state index contributed by atoms with van der Waals surface area (Å²) < 4.78 is 69.3. The van der Waals surface area contributed by atoms with Crippen LogP contribution in [0.15, 0.2) is 47.5 Å². The number of nitrogens with two attached hydrogens (primary N) is 1. The summed E-state index contributed by atoms with van der Waals surface area (Å²) in [6.07, 6.45) is -2.87. The highest BCUT2D eigenvalue weighted by molar-refractivity contribution is 7.89. The van der Waals surface area contributed by atoms with Crippen molar-refractivity contribution in [2.24, 2.45) is 5.14 Å². The second kappa shape index (κ2) is 8.91. The first kappa shape index (κ1) is 23.1. The summed E-state index contributed by atoms with van der Waals surface area (Å²) in [5.41, 5.74) is -1.89. The van der Waals surface area contributed by atoms with Crippen molar-refractivity contribution in [1.82, 2.24) is 9.99 Å². The monoisotopic (exact) mass is 458 g/mol. The summed E-state index contributed by atoms with van der Waals surface area (Å²) in [4.78, 5) is 16.4. The van der Waals surface area contributed by atoms with E-state index in [1.807, 2.05) is 0 Å². The molecule has 0 saturated carbocycles. The van der Waals surface area contributed by atoms with E-state index in [2.05, 4.69) is 4.98 Å². The third-order valence-corrected chi connectivity index (χ3v) is 5.84. The van der Waals surface area contributed by atoms with Crippen molar-refractivity contribution < 1.29 is 31.1 Å². The third-order valence-electron chi connectivity index (χ3n) is 4.92. The number of hydrogen-bond acceptors (Lipinski definition) is 6. The number of pyridine rings is 1. The van der Waals surface area contributed by atoms with Gasteiger partial charge in [-0.25, -0.2) is 23.6 Å². The Balaban J connectivity index is 2.09. The van der Waals surface area contributed by atoms with Crippen molar-refractivity contribution in [2.75, 3.05) is 25.2 Å². The minimum atomic E-state index is -4.84. The van der Waals surface area contributed by atoms with Gasteiger partial charge in [-0.1, -0.05) is 6.07 Å². The molecule has 2 N–H and O–H groups in total. The lowest BCUT2D eigenvalue weighted by molar-refractivity contribution is -0.141. The minimum Gasteiger partial charge on any atom is -0.381 e. The number of methoxy groups -OCH3 is 1. The number of piperidine rings is 1. The molecule has 0 radical (unpaired) electrons. The average Bonchev–Trinajstić information content (AvgIpc) is 2.73. The van der Waals surface area contributed by atoms with E-state index < -0.39 is 33.4 Å². The van der Waals surface area contributed by atoms with Crippen LogP contribution in [0.2, 0.25) is 0 Å². The molecule has 2 heterocycles. The number of halogens is 3. The molecule has 1 fully saturated rings. The molecule has 0 spiro atoms. The van der Waals surface area contributed by atoms with E-state index in [1.165, 1.54) is 24.3 Å². The van der Waals surface area contributed by atoms with Crippen LogP contribution in [0.3, 0.4) is 0 Å². The maximum Gasteiger partial charge on any atom is 0.434 e. The van der Waals surface area contributed by atoms with Gasteiger partial charge >= 0.3 is 6.18 Å². The average molecular weight is 458 g/mol. The Bertz CT molecular complexity index is 1050. The summed E-state index contributed by atoms with van der Waals surface area (Å²) in [6, 6.07) is 7.46. The van der Waals surface area contributed by atoms with Crippen LogP contribution in [-0.2, 0) is 20.9 Å². The van der Waals surface area contributed by atoms with Crippen LogP contribution in [-0.4, -0.2) is 50.6 Å². The highest BCUT2D eigenvalue weighted by Crippen LogP contribution is 2.32. The molecule has 1 aromatic carbocycles. The second-order valence-corrected chi connectivity index (χ2v) is 8.51. The van der Waals surface area contributed by atoms with E-state index in [1.54, 1.807) is 12.1 Å². The summed E-state index contributed by atoms with van der Waals surface area (Å²) >= 11 is 0. The maximum atomic E-state index is 13.5. The lowest BCUT2D eigenvalue weighted by Gasteiger charge is -2.39. The van der Waals surface area contributed by atoms with E-state index in [0.717, 1.165) is 23.3 Å². The summed E-state index contributed by atoms with van der Waals surface area (Å²) in [5.74, 6) is -0.983. The second-order valence-electron chi connectivity index (χ2n) is 6.95. The van der Waals surface area contributed by atoms with E-state index in [4.69, 9.17) is 9.88 Å². The predicted octanol–water partition coefficient (Wildman–Crippen LogP) is 2.42. The Hall–Kier alpha value is -2.54. The number of carbonyl (C=O) groups excluding carboxylic acids is 1. The van der Waals surface area contributed by atoms with Crippen LogP contribution < -0.4 is 10.1 Å². The largest absolute Gasteiger partial charge is 0.434 e. The molecule has 0 atom stereocenters. The van der Waals surface area contributed by atoms with Crippen molar-refractivity contribution in [3.05, 3.63) is 53.9 Å². The van der Waals surface area contributed by atoms with E-state index in [0.29, 0.717) is 25.9 Å². The van der Waals surface area contributed by atoms with Crippen LogP contribution in [0, 0.1) is 0 Å². The van der Waals surface area contributed by atoms with Gasteiger partial charge < -0.3 is 4.74 Å². The van der Waals surface area contributed by atoms with Gasteiger partial charge in [0.15, 0.2) is 5.69 Å². The van der Waals surface area contributed by atoms with Gasteiger partial charge in [-0.15, -0.1) is 0 Å². The Morgan fingerprint density at radius 1 is 1.23 bits per heavy atom. The molecular weight excluding hydrogens is 437 g/mol. The molecule has 0 unspecified atom stereocenters. The van der Waals surface area contributed by atoms with Gasteiger partial charge in [-0.05, 0) is 43.2 Å². The van der Waals surface area contributed by atoms with Gasteiger partial charge in [0.1, 0.15) is 0 Å². The molecular formula is C19H21F3N4O4S. The Morgan fingerprint density at radius 3 is 2.48 bits per heavy atom. The normalized spacial score (nSPS) is 16.3. The highest BCUT2D eigenvalue weighted by atomic mass is 32.2. The van der Waals surface area contributed by atoms with Crippen molar-refractivity contribution in [1.29, 1.82) is 0 Å². The maximum absolute atomic E-state index is 13.5. The highest BCUT2D eigenvalue weighted by Gasteiger charge is 2.39. The summed E-state index contributed by atoms with van der Waals surface area (Å²) in [6.45, 7) is 0.622. The number of ether oxygens (including phenoxy) is 1. The smallest absolute Gasteiger partial charge is 0.381 e. The fourth-order valence-electron chi connectivity index (χ4n) is 3.40. The number of benzene rings is 1. The van der Waals surface area contributed by atoms with Gasteiger partial charge in [0, 0.05) is 26.4 Å². The molecule has 1 aliphatic heterocycles. The summed E-state index contributed by atoms with van der Waals surface area (Å²) in [5, 5.41) is 7.80. The van der Waals surface area contributed by atoms with Crippen LogP contribution in [0.5, 0.6) is 0 Å². The number of hydrazine groups is 1. The summed E-state index contributed by atoms with van der Waals surface area (Å²) in [7, 11) is -2.53. The molecule has 31 heavy (non-hydrogen) atoms.